The molecular weight excluding hydrogens is 324 g/mol. The molecular formula is C18H22N2O5. The minimum Gasteiger partial charge on any atom is -0.505 e. The van der Waals surface area contributed by atoms with E-state index in [1.54, 1.807) is 18.2 Å². The molecule has 0 radical (unpaired) electrons. The molecule has 1 aromatic carbocycles. The van der Waals surface area contributed by atoms with Gasteiger partial charge in [0.05, 0.1) is 12.1 Å². The first kappa shape index (κ1) is 18.5. The molecule has 0 saturated heterocycles. The Morgan fingerprint density at radius 2 is 2.00 bits per heavy atom. The van der Waals surface area contributed by atoms with E-state index in [2.05, 4.69) is 17.2 Å². The van der Waals surface area contributed by atoms with E-state index in [0.29, 0.717) is 23.3 Å². The Labute approximate surface area is 145 Å². The van der Waals surface area contributed by atoms with Crippen molar-refractivity contribution in [3.05, 3.63) is 30.0 Å². The number of hydrogen-bond acceptors (Lipinski definition) is 5. The Morgan fingerprint density at radius 3 is 2.72 bits per heavy atom. The lowest BCUT2D eigenvalue weighted by Crippen LogP contribution is -2.29. The number of benzene rings is 1. The normalized spacial score (nSPS) is 10.6. The highest BCUT2D eigenvalue weighted by Gasteiger charge is 2.15. The second-order valence-electron chi connectivity index (χ2n) is 5.70. The van der Waals surface area contributed by atoms with E-state index >= 15 is 0 Å². The van der Waals surface area contributed by atoms with Crippen LogP contribution in [-0.2, 0) is 4.79 Å². The summed E-state index contributed by atoms with van der Waals surface area (Å²) in [4.78, 5) is 26.5. The zero-order valence-corrected chi connectivity index (χ0v) is 14.1. The van der Waals surface area contributed by atoms with E-state index in [9.17, 15) is 14.7 Å². The lowest BCUT2D eigenvalue weighted by atomic mass is 10.1. The van der Waals surface area contributed by atoms with Crippen LogP contribution in [-0.4, -0.2) is 40.2 Å². The van der Waals surface area contributed by atoms with E-state index in [1.165, 1.54) is 18.9 Å². The standard InChI is InChI=1S/C18H22N2O5/c1-2-3-4-5-8-25-13-6-7-14-12(9-13)10-15(21)17(20-14)18(24)19-11-16(22)23/h6-7,9-10,21H,2-5,8,11H2,1H3,(H,19,24)(H,22,23). The summed E-state index contributed by atoms with van der Waals surface area (Å²) in [6, 6.07) is 6.62. The fraction of sp³-hybridized carbons (Fsp3) is 0.389. The van der Waals surface area contributed by atoms with Crippen LogP contribution >= 0.6 is 0 Å². The number of nitrogens with zero attached hydrogens (tertiary/aromatic N) is 1. The number of hydrogen-bond donors (Lipinski definition) is 3. The molecule has 3 N–H and O–H groups in total. The molecule has 25 heavy (non-hydrogen) atoms. The van der Waals surface area contributed by atoms with Crippen molar-refractivity contribution in [2.24, 2.45) is 0 Å². The van der Waals surface area contributed by atoms with Crippen molar-refractivity contribution < 1.29 is 24.5 Å². The molecule has 1 heterocycles. The lowest BCUT2D eigenvalue weighted by molar-refractivity contribution is -0.135. The number of nitrogens with one attached hydrogen (secondary N) is 1. The minimum atomic E-state index is -1.17. The first-order chi connectivity index (χ1) is 12.0. The van der Waals surface area contributed by atoms with Crippen molar-refractivity contribution in [3.63, 3.8) is 0 Å². The number of ether oxygens (including phenoxy) is 1. The van der Waals surface area contributed by atoms with Crippen molar-refractivity contribution in [1.82, 2.24) is 10.3 Å². The maximum Gasteiger partial charge on any atom is 0.322 e. The number of carboxylic acid groups (broad SMARTS) is 1. The quantitative estimate of drug-likeness (QED) is 0.602. The fourth-order valence-electron chi connectivity index (χ4n) is 2.36. The predicted octanol–water partition coefficient (Wildman–Crippen LogP) is 2.71. The van der Waals surface area contributed by atoms with Crippen molar-refractivity contribution in [3.8, 4) is 11.5 Å². The predicted molar refractivity (Wildman–Crippen MR) is 93.0 cm³/mol. The fourth-order valence-corrected chi connectivity index (χ4v) is 2.36. The topological polar surface area (TPSA) is 109 Å². The van der Waals surface area contributed by atoms with Gasteiger partial charge in [-0.15, -0.1) is 0 Å². The van der Waals surface area contributed by atoms with Crippen LogP contribution in [0.5, 0.6) is 11.5 Å². The van der Waals surface area contributed by atoms with Crippen LogP contribution in [0.3, 0.4) is 0 Å². The summed E-state index contributed by atoms with van der Waals surface area (Å²) in [5.41, 5.74) is 0.304. The summed E-state index contributed by atoms with van der Waals surface area (Å²) >= 11 is 0. The second kappa shape index (κ2) is 8.86. The third-order valence-corrected chi connectivity index (χ3v) is 3.65. The largest absolute Gasteiger partial charge is 0.505 e. The number of aromatic hydroxyl groups is 1. The van der Waals surface area contributed by atoms with Gasteiger partial charge in [0.15, 0.2) is 5.69 Å². The number of rotatable bonds is 9. The Morgan fingerprint density at radius 1 is 1.20 bits per heavy atom. The maximum absolute atomic E-state index is 11.9. The van der Waals surface area contributed by atoms with Gasteiger partial charge in [-0.3, -0.25) is 9.59 Å². The number of amides is 1. The average Bonchev–Trinajstić information content (AvgIpc) is 2.58. The molecule has 7 heteroatoms. The third kappa shape index (κ3) is 5.34. The highest BCUT2D eigenvalue weighted by molar-refractivity contribution is 5.99. The van der Waals surface area contributed by atoms with E-state index in [4.69, 9.17) is 9.84 Å². The summed E-state index contributed by atoms with van der Waals surface area (Å²) in [5.74, 6) is -1.55. The zero-order valence-electron chi connectivity index (χ0n) is 14.1. The van der Waals surface area contributed by atoms with Gasteiger partial charge in [-0.1, -0.05) is 26.2 Å². The smallest absolute Gasteiger partial charge is 0.322 e. The SMILES string of the molecule is CCCCCCOc1ccc2nc(C(=O)NCC(=O)O)c(O)cc2c1. The van der Waals surface area contributed by atoms with E-state index in [-0.39, 0.29) is 11.4 Å². The van der Waals surface area contributed by atoms with Gasteiger partial charge in [0, 0.05) is 5.39 Å². The van der Waals surface area contributed by atoms with Crippen LogP contribution in [0.1, 0.15) is 43.1 Å². The van der Waals surface area contributed by atoms with E-state index < -0.39 is 18.4 Å². The van der Waals surface area contributed by atoms with Gasteiger partial charge < -0.3 is 20.3 Å². The minimum absolute atomic E-state index is 0.206. The van der Waals surface area contributed by atoms with Crippen LogP contribution in [0.2, 0.25) is 0 Å². The number of carboxylic acids is 1. The summed E-state index contributed by atoms with van der Waals surface area (Å²) in [7, 11) is 0. The molecule has 0 saturated carbocycles. The molecule has 1 amide bonds. The number of carbonyl (C=O) groups excluding carboxylic acids is 1. The van der Waals surface area contributed by atoms with Gasteiger partial charge in [-0.25, -0.2) is 4.98 Å². The molecule has 0 spiro atoms. The molecule has 134 valence electrons. The van der Waals surface area contributed by atoms with Crippen LogP contribution in [0.4, 0.5) is 0 Å². The molecule has 0 bridgehead atoms. The van der Waals surface area contributed by atoms with Crippen molar-refractivity contribution in [2.45, 2.75) is 32.6 Å². The second-order valence-corrected chi connectivity index (χ2v) is 5.70. The molecule has 2 rings (SSSR count). The number of carbonyl (C=O) groups is 2. The van der Waals surface area contributed by atoms with Crippen LogP contribution in [0, 0.1) is 0 Å². The van der Waals surface area contributed by atoms with Crippen molar-refractivity contribution in [1.29, 1.82) is 0 Å². The molecule has 0 unspecified atom stereocenters. The van der Waals surface area contributed by atoms with Crippen molar-refractivity contribution >= 4 is 22.8 Å². The van der Waals surface area contributed by atoms with Crippen LogP contribution < -0.4 is 10.1 Å². The third-order valence-electron chi connectivity index (χ3n) is 3.65. The van der Waals surface area contributed by atoms with Gasteiger partial charge >= 0.3 is 5.97 Å². The van der Waals surface area contributed by atoms with Crippen LogP contribution in [0.25, 0.3) is 10.9 Å². The average molecular weight is 346 g/mol. The zero-order chi connectivity index (χ0) is 18.2. The first-order valence-electron chi connectivity index (χ1n) is 8.28. The molecule has 0 atom stereocenters. The number of aromatic nitrogens is 1. The Kier molecular flexibility index (Phi) is 6.56. The number of aliphatic carboxylic acids is 1. The van der Waals surface area contributed by atoms with E-state index in [1.807, 2.05) is 0 Å². The summed E-state index contributed by atoms with van der Waals surface area (Å²) in [6.45, 7) is 2.24. The van der Waals surface area contributed by atoms with Crippen molar-refractivity contribution in [2.75, 3.05) is 13.2 Å². The number of unbranched alkanes of at least 4 members (excludes halogenated alkanes) is 3. The van der Waals surface area contributed by atoms with Crippen LogP contribution in [0.15, 0.2) is 24.3 Å². The lowest BCUT2D eigenvalue weighted by Gasteiger charge is -2.09. The van der Waals surface area contributed by atoms with Gasteiger partial charge in [-0.05, 0) is 30.7 Å². The Bertz CT molecular complexity index is 760. The molecule has 0 aliphatic rings. The summed E-state index contributed by atoms with van der Waals surface area (Å²) < 4.78 is 5.69. The van der Waals surface area contributed by atoms with Gasteiger partial charge in [0.1, 0.15) is 18.0 Å². The van der Waals surface area contributed by atoms with Gasteiger partial charge in [0.25, 0.3) is 5.91 Å². The van der Waals surface area contributed by atoms with Gasteiger partial charge in [0.2, 0.25) is 0 Å². The first-order valence-corrected chi connectivity index (χ1v) is 8.28. The van der Waals surface area contributed by atoms with E-state index in [0.717, 1.165) is 12.8 Å². The monoisotopic (exact) mass is 346 g/mol. The summed E-state index contributed by atoms with van der Waals surface area (Å²) in [5, 5.41) is 21.4. The molecule has 2 aromatic rings. The summed E-state index contributed by atoms with van der Waals surface area (Å²) in [6.07, 6.45) is 4.47. The molecule has 0 aliphatic heterocycles. The molecule has 1 aromatic heterocycles. The Balaban J connectivity index is 2.09. The molecule has 0 fully saturated rings. The molecule has 7 nitrogen and oxygen atoms in total. The highest BCUT2D eigenvalue weighted by Crippen LogP contribution is 2.25. The van der Waals surface area contributed by atoms with Gasteiger partial charge in [-0.2, -0.15) is 0 Å². The molecule has 0 aliphatic carbocycles. The Hall–Kier alpha value is -2.83. The number of fused-ring (bicyclic) bond motifs is 1. The highest BCUT2D eigenvalue weighted by atomic mass is 16.5. The maximum atomic E-state index is 11.9. The number of pyridine rings is 1.